The molecule has 1 rings (SSSR count). The molecular formula is C15H28N2S. The summed E-state index contributed by atoms with van der Waals surface area (Å²) in [6.45, 7) is 13.3. The molecule has 3 heteroatoms. The van der Waals surface area contributed by atoms with Crippen LogP contribution in [-0.2, 0) is 12.0 Å². The van der Waals surface area contributed by atoms with Gasteiger partial charge in [-0.25, -0.2) is 4.98 Å². The van der Waals surface area contributed by atoms with Crippen LogP contribution in [0.25, 0.3) is 0 Å². The molecule has 1 aromatic heterocycles. The van der Waals surface area contributed by atoms with Crippen LogP contribution < -0.4 is 5.73 Å². The summed E-state index contributed by atoms with van der Waals surface area (Å²) in [6.07, 6.45) is 2.97. The molecule has 0 radical (unpaired) electrons. The fourth-order valence-corrected chi connectivity index (χ4v) is 3.45. The Kier molecular flexibility index (Phi) is 5.35. The summed E-state index contributed by atoms with van der Waals surface area (Å²) in [4.78, 5) is 6.31. The highest BCUT2D eigenvalue weighted by atomic mass is 32.1. The second-order valence-corrected chi connectivity index (χ2v) is 6.98. The number of aromatic nitrogens is 1. The third-order valence-corrected chi connectivity index (χ3v) is 5.16. The van der Waals surface area contributed by atoms with E-state index in [2.05, 4.69) is 41.5 Å². The van der Waals surface area contributed by atoms with E-state index < -0.39 is 0 Å². The van der Waals surface area contributed by atoms with Crippen molar-refractivity contribution in [3.8, 4) is 0 Å². The lowest BCUT2D eigenvalue weighted by molar-refractivity contribution is 0.409. The largest absolute Gasteiger partial charge is 0.319 e. The van der Waals surface area contributed by atoms with Crippen LogP contribution in [0.15, 0.2) is 0 Å². The van der Waals surface area contributed by atoms with Crippen LogP contribution in [0.2, 0.25) is 0 Å². The zero-order chi connectivity index (χ0) is 13.9. The Labute approximate surface area is 116 Å². The zero-order valence-corrected chi connectivity index (χ0v) is 13.5. The number of rotatable bonds is 6. The predicted molar refractivity (Wildman–Crippen MR) is 81.2 cm³/mol. The van der Waals surface area contributed by atoms with Gasteiger partial charge in [0.2, 0.25) is 0 Å². The van der Waals surface area contributed by atoms with E-state index >= 15 is 0 Å². The van der Waals surface area contributed by atoms with Crippen molar-refractivity contribution < 1.29 is 0 Å². The highest BCUT2D eigenvalue weighted by Gasteiger charge is 2.29. The van der Waals surface area contributed by atoms with Crippen molar-refractivity contribution in [2.24, 2.45) is 11.7 Å². The van der Waals surface area contributed by atoms with Gasteiger partial charge in [0.1, 0.15) is 5.01 Å². The summed E-state index contributed by atoms with van der Waals surface area (Å²) in [5.74, 6) is 1.19. The maximum Gasteiger partial charge on any atom is 0.113 e. The average Bonchev–Trinajstić information content (AvgIpc) is 2.71. The Morgan fingerprint density at radius 2 is 1.72 bits per heavy atom. The molecule has 0 fully saturated rings. The van der Waals surface area contributed by atoms with Gasteiger partial charge in [-0.15, -0.1) is 11.3 Å². The molecule has 2 N–H and O–H groups in total. The minimum absolute atomic E-state index is 0.233. The number of nitrogens with zero attached hydrogens (tertiary/aromatic N) is 1. The van der Waals surface area contributed by atoms with Gasteiger partial charge in [0, 0.05) is 4.88 Å². The van der Waals surface area contributed by atoms with Gasteiger partial charge in [-0.1, -0.05) is 41.5 Å². The van der Waals surface area contributed by atoms with E-state index in [9.17, 15) is 0 Å². The molecule has 0 unspecified atom stereocenters. The van der Waals surface area contributed by atoms with Crippen molar-refractivity contribution >= 4 is 11.3 Å². The van der Waals surface area contributed by atoms with E-state index in [1.54, 1.807) is 0 Å². The molecule has 0 amide bonds. The topological polar surface area (TPSA) is 38.9 Å². The van der Waals surface area contributed by atoms with Crippen LogP contribution >= 0.6 is 11.3 Å². The van der Waals surface area contributed by atoms with Crippen LogP contribution in [0.5, 0.6) is 0 Å². The lowest BCUT2D eigenvalue weighted by Crippen LogP contribution is -2.35. The monoisotopic (exact) mass is 268 g/mol. The summed E-state index contributed by atoms with van der Waals surface area (Å²) >= 11 is 1.83. The molecule has 0 saturated heterocycles. The highest BCUT2D eigenvalue weighted by molar-refractivity contribution is 7.12. The van der Waals surface area contributed by atoms with E-state index in [0.717, 1.165) is 24.3 Å². The summed E-state index contributed by atoms with van der Waals surface area (Å²) in [6, 6.07) is 0. The van der Waals surface area contributed by atoms with Gasteiger partial charge < -0.3 is 5.73 Å². The summed E-state index contributed by atoms with van der Waals surface area (Å²) in [5.41, 5.74) is 7.52. The molecule has 0 atom stereocenters. The Morgan fingerprint density at radius 1 is 1.17 bits per heavy atom. The lowest BCUT2D eigenvalue weighted by Gasteiger charge is -2.23. The second-order valence-electron chi connectivity index (χ2n) is 5.95. The van der Waals surface area contributed by atoms with Gasteiger partial charge in [-0.2, -0.15) is 0 Å². The first-order chi connectivity index (χ1) is 8.34. The standard InChI is InChI=1S/C15H28N2S/c1-7-15(16,8-2)14-17-12(9-10(3)4)13(18-14)11(5)6/h10-11H,7-9,16H2,1-6H3. The molecule has 0 saturated carbocycles. The first-order valence-electron chi connectivity index (χ1n) is 7.13. The average molecular weight is 268 g/mol. The quantitative estimate of drug-likeness (QED) is 0.828. The Morgan fingerprint density at radius 3 is 2.11 bits per heavy atom. The summed E-state index contributed by atoms with van der Waals surface area (Å²) < 4.78 is 0. The molecule has 1 aromatic rings. The maximum absolute atomic E-state index is 6.48. The number of hydrogen-bond acceptors (Lipinski definition) is 3. The molecule has 1 heterocycles. The van der Waals surface area contributed by atoms with Gasteiger partial charge in [-0.05, 0) is 31.1 Å². The van der Waals surface area contributed by atoms with Crippen molar-refractivity contribution in [3.05, 3.63) is 15.6 Å². The third kappa shape index (κ3) is 3.33. The predicted octanol–water partition coefficient (Wildman–Crippen LogP) is 4.44. The summed E-state index contributed by atoms with van der Waals surface area (Å²) in [5, 5.41) is 1.13. The molecule has 0 aliphatic carbocycles. The van der Waals surface area contributed by atoms with Crippen molar-refractivity contribution in [1.29, 1.82) is 0 Å². The van der Waals surface area contributed by atoms with Crippen molar-refractivity contribution in [3.63, 3.8) is 0 Å². The highest BCUT2D eigenvalue weighted by Crippen LogP contribution is 2.35. The summed E-state index contributed by atoms with van der Waals surface area (Å²) in [7, 11) is 0. The normalized spacial score (nSPS) is 12.7. The minimum atomic E-state index is -0.233. The molecule has 0 aromatic carbocycles. The van der Waals surface area contributed by atoms with Crippen LogP contribution in [0.4, 0.5) is 0 Å². The van der Waals surface area contributed by atoms with E-state index in [1.165, 1.54) is 10.6 Å². The SMILES string of the molecule is CCC(N)(CC)c1nc(CC(C)C)c(C(C)C)s1. The fourth-order valence-electron chi connectivity index (χ4n) is 2.11. The van der Waals surface area contributed by atoms with Gasteiger partial charge in [0.15, 0.2) is 0 Å². The van der Waals surface area contributed by atoms with Crippen LogP contribution in [0.1, 0.15) is 75.9 Å². The number of hydrogen-bond donors (Lipinski definition) is 1. The van der Waals surface area contributed by atoms with Gasteiger partial charge in [0.25, 0.3) is 0 Å². The first kappa shape index (κ1) is 15.6. The molecule has 0 aliphatic heterocycles. The maximum atomic E-state index is 6.48. The first-order valence-corrected chi connectivity index (χ1v) is 7.94. The minimum Gasteiger partial charge on any atom is -0.319 e. The van der Waals surface area contributed by atoms with E-state index in [1.807, 2.05) is 11.3 Å². The molecule has 2 nitrogen and oxygen atoms in total. The van der Waals surface area contributed by atoms with Gasteiger partial charge >= 0.3 is 0 Å². The molecule has 18 heavy (non-hydrogen) atoms. The second kappa shape index (κ2) is 6.16. The Balaban J connectivity index is 3.16. The smallest absolute Gasteiger partial charge is 0.113 e. The Bertz CT molecular complexity index is 376. The third-order valence-electron chi connectivity index (χ3n) is 3.54. The lowest BCUT2D eigenvalue weighted by atomic mass is 9.95. The number of thiazole rings is 1. The van der Waals surface area contributed by atoms with Crippen molar-refractivity contribution in [2.75, 3.05) is 0 Å². The molecule has 0 aliphatic rings. The Hall–Kier alpha value is -0.410. The molecule has 104 valence electrons. The van der Waals surface area contributed by atoms with E-state index in [0.29, 0.717) is 11.8 Å². The molecule has 0 bridgehead atoms. The number of nitrogens with two attached hydrogens (primary N) is 1. The van der Waals surface area contributed by atoms with E-state index in [-0.39, 0.29) is 5.54 Å². The van der Waals surface area contributed by atoms with E-state index in [4.69, 9.17) is 10.7 Å². The van der Waals surface area contributed by atoms with Crippen molar-refractivity contribution in [2.45, 2.75) is 72.3 Å². The van der Waals surface area contributed by atoms with Crippen LogP contribution in [0, 0.1) is 5.92 Å². The van der Waals surface area contributed by atoms with Gasteiger partial charge in [-0.3, -0.25) is 0 Å². The van der Waals surface area contributed by atoms with Crippen molar-refractivity contribution in [1.82, 2.24) is 4.98 Å². The molecular weight excluding hydrogens is 240 g/mol. The fraction of sp³-hybridized carbons (Fsp3) is 0.800. The van der Waals surface area contributed by atoms with Gasteiger partial charge in [0.05, 0.1) is 11.2 Å². The molecule has 0 spiro atoms. The van der Waals surface area contributed by atoms with Crippen LogP contribution in [0.3, 0.4) is 0 Å². The van der Waals surface area contributed by atoms with Crippen LogP contribution in [-0.4, -0.2) is 4.98 Å². The zero-order valence-electron chi connectivity index (χ0n) is 12.7.